The lowest BCUT2D eigenvalue weighted by Crippen LogP contribution is -1.79. The molecule has 0 unspecified atom stereocenters. The molecule has 0 aliphatic rings. The summed E-state index contributed by atoms with van der Waals surface area (Å²) < 4.78 is 5.02. The Hall–Kier alpha value is -1.60. The summed E-state index contributed by atoms with van der Waals surface area (Å²) >= 11 is 0. The van der Waals surface area contributed by atoms with Gasteiger partial charge in [-0.1, -0.05) is 6.07 Å². The smallest absolute Gasteiger partial charge is 0.121 e. The average molecular weight is 162 g/mol. The van der Waals surface area contributed by atoms with Crippen LogP contribution in [0.3, 0.4) is 0 Å². The summed E-state index contributed by atoms with van der Waals surface area (Å²) in [5.74, 6) is 0.786. The lowest BCUT2D eigenvalue weighted by Gasteiger charge is -1.97. The van der Waals surface area contributed by atoms with E-state index in [-0.39, 0.29) is 0 Å². The zero-order valence-corrected chi connectivity index (χ0v) is 7.11. The fraction of sp³-hybridized carbons (Fsp3) is 0.222. The van der Waals surface area contributed by atoms with Gasteiger partial charge in [0.25, 0.3) is 0 Å². The molecule has 0 bridgehead atoms. The molecule has 0 fully saturated rings. The maximum atomic E-state index is 5.02. The first-order chi connectivity index (χ1) is 5.86. The second-order valence-electron chi connectivity index (χ2n) is 2.14. The van der Waals surface area contributed by atoms with Gasteiger partial charge >= 0.3 is 0 Å². The van der Waals surface area contributed by atoms with Crippen LogP contribution in [0.2, 0.25) is 0 Å². The lowest BCUT2D eigenvalue weighted by atomic mass is 10.3. The lowest BCUT2D eigenvalue weighted by molar-refractivity contribution is 0.415. The molecule has 0 aliphatic carbocycles. The molecule has 1 aromatic carbocycles. The molecule has 0 atom stereocenters. The van der Waals surface area contributed by atoms with Crippen molar-refractivity contribution >= 4 is 11.7 Å². The first kappa shape index (κ1) is 8.50. The monoisotopic (exact) mass is 162 g/mol. The molecule has 0 amide bonds. The zero-order chi connectivity index (χ0) is 8.81. The molecule has 12 heavy (non-hydrogen) atoms. The normalized spacial score (nSPS) is 8.50. The van der Waals surface area contributed by atoms with E-state index < -0.39 is 0 Å². The standard InChI is InChI=1S/C9H10N2O/c1-10-7-11-8-4-3-5-9(6-8)12-2/h3-6H,1-2H3. The van der Waals surface area contributed by atoms with E-state index in [9.17, 15) is 0 Å². The number of nitrogens with zero attached hydrogens (tertiary/aromatic N) is 2. The van der Waals surface area contributed by atoms with Crippen molar-refractivity contribution in [1.82, 2.24) is 0 Å². The average Bonchev–Trinajstić information content (AvgIpc) is 2.15. The summed E-state index contributed by atoms with van der Waals surface area (Å²) in [6, 6.07) is 9.92. The molecule has 0 radical (unpaired) electrons. The highest BCUT2D eigenvalue weighted by Crippen LogP contribution is 2.18. The van der Waals surface area contributed by atoms with E-state index in [4.69, 9.17) is 4.74 Å². The molecule has 0 aliphatic heterocycles. The van der Waals surface area contributed by atoms with Crippen LogP contribution in [0.25, 0.3) is 0 Å². The molecule has 1 rings (SSSR count). The Balaban J connectivity index is 2.94. The highest BCUT2D eigenvalue weighted by Gasteiger charge is 1.90. The van der Waals surface area contributed by atoms with Gasteiger partial charge in [-0.3, -0.25) is 0 Å². The summed E-state index contributed by atoms with van der Waals surface area (Å²) in [5, 5.41) is 0. The number of rotatable bonds is 2. The predicted octanol–water partition coefficient (Wildman–Crippen LogP) is 2.13. The third-order valence-corrected chi connectivity index (χ3v) is 1.33. The number of ether oxygens (including phenoxy) is 1. The van der Waals surface area contributed by atoms with Crippen LogP contribution < -0.4 is 4.74 Å². The first-order valence-corrected chi connectivity index (χ1v) is 3.55. The van der Waals surface area contributed by atoms with Crippen molar-refractivity contribution in [3.63, 3.8) is 0 Å². The van der Waals surface area contributed by atoms with E-state index in [1.807, 2.05) is 24.3 Å². The van der Waals surface area contributed by atoms with Gasteiger partial charge in [0.05, 0.1) is 18.8 Å². The van der Waals surface area contributed by atoms with Crippen LogP contribution in [0, 0.1) is 0 Å². The van der Waals surface area contributed by atoms with Crippen LogP contribution in [-0.4, -0.2) is 20.2 Å². The summed E-state index contributed by atoms with van der Waals surface area (Å²) in [7, 11) is 3.25. The van der Waals surface area contributed by atoms with E-state index in [1.54, 1.807) is 14.2 Å². The first-order valence-electron chi connectivity index (χ1n) is 3.55. The van der Waals surface area contributed by atoms with Crippen LogP contribution >= 0.6 is 0 Å². The molecule has 3 nitrogen and oxygen atoms in total. The highest BCUT2D eigenvalue weighted by molar-refractivity contribution is 5.53. The molecule has 62 valence electrons. The Kier molecular flexibility index (Phi) is 3.05. The van der Waals surface area contributed by atoms with Crippen LogP contribution in [-0.2, 0) is 0 Å². The number of methoxy groups -OCH3 is 1. The zero-order valence-electron chi connectivity index (χ0n) is 7.11. The minimum absolute atomic E-state index is 0.786. The Morgan fingerprint density at radius 1 is 1.42 bits per heavy atom. The quantitative estimate of drug-likeness (QED) is 0.613. The summed E-state index contributed by atoms with van der Waals surface area (Å²) in [4.78, 5) is 7.57. The minimum Gasteiger partial charge on any atom is -0.497 e. The molecule has 0 spiro atoms. The Labute approximate surface area is 71.4 Å². The van der Waals surface area contributed by atoms with Gasteiger partial charge in [-0.2, -0.15) is 4.99 Å². The molecule has 0 saturated carbocycles. The number of hydrogen-bond acceptors (Lipinski definition) is 3. The fourth-order valence-corrected chi connectivity index (χ4v) is 0.788. The summed E-state index contributed by atoms with van der Waals surface area (Å²) in [6.07, 6.45) is 0. The van der Waals surface area contributed by atoms with Gasteiger partial charge in [0.1, 0.15) is 5.75 Å². The molecule has 3 heteroatoms. The largest absolute Gasteiger partial charge is 0.497 e. The maximum absolute atomic E-state index is 5.02. The van der Waals surface area contributed by atoms with Crippen LogP contribution in [0.15, 0.2) is 34.3 Å². The molecule has 0 aromatic heterocycles. The molecule has 0 heterocycles. The van der Waals surface area contributed by atoms with Crippen LogP contribution in [0.5, 0.6) is 5.75 Å². The van der Waals surface area contributed by atoms with Gasteiger partial charge in [0.15, 0.2) is 0 Å². The van der Waals surface area contributed by atoms with Gasteiger partial charge in [-0.25, -0.2) is 4.99 Å². The predicted molar refractivity (Wildman–Crippen MR) is 48.4 cm³/mol. The molecule has 1 aromatic rings. The molecular formula is C9H10N2O. The maximum Gasteiger partial charge on any atom is 0.121 e. The second-order valence-corrected chi connectivity index (χ2v) is 2.14. The number of benzene rings is 1. The van der Waals surface area contributed by atoms with Gasteiger partial charge in [-0.15, -0.1) is 0 Å². The van der Waals surface area contributed by atoms with Crippen LogP contribution in [0.4, 0.5) is 5.69 Å². The van der Waals surface area contributed by atoms with Gasteiger partial charge < -0.3 is 4.74 Å². The molecule has 0 saturated heterocycles. The van der Waals surface area contributed by atoms with Crippen molar-refractivity contribution in [2.45, 2.75) is 0 Å². The highest BCUT2D eigenvalue weighted by atomic mass is 16.5. The third-order valence-electron chi connectivity index (χ3n) is 1.33. The van der Waals surface area contributed by atoms with Crippen molar-refractivity contribution < 1.29 is 4.74 Å². The van der Waals surface area contributed by atoms with E-state index >= 15 is 0 Å². The minimum atomic E-state index is 0.786. The molecular weight excluding hydrogens is 152 g/mol. The van der Waals surface area contributed by atoms with E-state index in [2.05, 4.69) is 16.0 Å². The fourth-order valence-electron chi connectivity index (χ4n) is 0.788. The van der Waals surface area contributed by atoms with Crippen LogP contribution in [0.1, 0.15) is 0 Å². The Morgan fingerprint density at radius 3 is 2.92 bits per heavy atom. The Morgan fingerprint density at radius 2 is 2.25 bits per heavy atom. The summed E-state index contributed by atoms with van der Waals surface area (Å²) in [5.41, 5.74) is 0.792. The third kappa shape index (κ3) is 2.22. The van der Waals surface area contributed by atoms with E-state index in [0.29, 0.717) is 0 Å². The van der Waals surface area contributed by atoms with E-state index in [1.165, 1.54) is 0 Å². The number of aliphatic imine (C=N–C) groups is 2. The van der Waals surface area contributed by atoms with E-state index in [0.717, 1.165) is 11.4 Å². The summed E-state index contributed by atoms with van der Waals surface area (Å²) in [6.45, 7) is 0. The molecule has 0 N–H and O–H groups in total. The van der Waals surface area contributed by atoms with Crippen molar-refractivity contribution in [3.05, 3.63) is 24.3 Å². The Bertz CT molecular complexity index is 314. The van der Waals surface area contributed by atoms with Crippen molar-refractivity contribution in [2.75, 3.05) is 14.2 Å². The number of hydrogen-bond donors (Lipinski definition) is 0. The van der Waals surface area contributed by atoms with Gasteiger partial charge in [-0.05, 0) is 12.1 Å². The SMILES string of the molecule is CN=C=Nc1cccc(OC)c1. The second kappa shape index (κ2) is 4.31. The van der Waals surface area contributed by atoms with Gasteiger partial charge in [0, 0.05) is 13.1 Å². The van der Waals surface area contributed by atoms with Crippen molar-refractivity contribution in [3.8, 4) is 5.75 Å². The van der Waals surface area contributed by atoms with Gasteiger partial charge in [0.2, 0.25) is 0 Å². The topological polar surface area (TPSA) is 34.0 Å². The van der Waals surface area contributed by atoms with Crippen molar-refractivity contribution in [1.29, 1.82) is 0 Å². The van der Waals surface area contributed by atoms with Crippen molar-refractivity contribution in [2.24, 2.45) is 9.98 Å².